The molecule has 3 heterocycles. The largest absolute Gasteiger partial charge is 1.00 e. The minimum absolute atomic E-state index is 0. The van der Waals surface area contributed by atoms with Gasteiger partial charge >= 0.3 is 24.8 Å². The van der Waals surface area contributed by atoms with Gasteiger partial charge in [0.1, 0.15) is 10.6 Å². The molecule has 2 fully saturated rings. The number of H-pyrrole nitrogens is 1. The van der Waals surface area contributed by atoms with Crippen molar-refractivity contribution >= 4 is 63.1 Å². The normalized spacial score (nSPS) is 19.2. The molecular formula is C28H24Cl3LiN4O3S. The fourth-order valence-corrected chi connectivity index (χ4v) is 6.88. The Kier molecular flexibility index (Phi) is 8.31. The van der Waals surface area contributed by atoms with Gasteiger partial charge < -0.3 is 21.7 Å². The fraction of sp³-hybridized carbons (Fsp3) is 0.250. The second-order valence-electron chi connectivity index (χ2n) is 9.95. The monoisotopic (exact) mass is 608 g/mol. The van der Waals surface area contributed by atoms with E-state index in [9.17, 15) is 14.7 Å². The predicted molar refractivity (Wildman–Crippen MR) is 156 cm³/mol. The molecule has 6 rings (SSSR count). The number of carboxylic acids is 1. The van der Waals surface area contributed by atoms with Gasteiger partial charge in [0.25, 0.3) is 5.91 Å². The van der Waals surface area contributed by atoms with Gasteiger partial charge in [-0.15, -0.1) is 0 Å². The van der Waals surface area contributed by atoms with Crippen molar-refractivity contribution in [2.75, 3.05) is 18.0 Å². The smallest absolute Gasteiger partial charge is 1.00 e. The molecule has 1 aliphatic carbocycles. The Bertz CT molecular complexity index is 1620. The number of fused-ring (bicyclic) bond motifs is 1. The standard InChI is InChI=1S/C28H23Cl3N4O3S.Li.H/c1-13-21(30)22(31)24(32-13)26(36)34-23-18-11-35(12-19(18)23)28-33-20(25(39-28)27(37)38)9-14-4-2-5-15(8-14)16-6-3-7-17(29)10-16;;/h2-8,10,18-19,23,32H,9,11-12H2,1H3,(H,34,36)(H,37,38);;/q;+1;-1/t18-,19+,23?;;. The molecule has 1 aliphatic heterocycles. The van der Waals surface area contributed by atoms with E-state index in [4.69, 9.17) is 39.8 Å². The maximum absolute atomic E-state index is 12.7. The first kappa shape index (κ1) is 29.1. The third kappa shape index (κ3) is 5.54. The minimum atomic E-state index is -0.981. The number of aromatic nitrogens is 2. The topological polar surface area (TPSA) is 98.3 Å². The molecule has 4 aromatic rings. The number of piperidine rings is 1. The van der Waals surface area contributed by atoms with Crippen molar-refractivity contribution in [2.24, 2.45) is 11.8 Å². The molecule has 1 unspecified atom stereocenters. The molecule has 2 aromatic heterocycles. The van der Waals surface area contributed by atoms with E-state index >= 15 is 0 Å². The van der Waals surface area contributed by atoms with Crippen LogP contribution in [0.1, 0.15) is 38.5 Å². The third-order valence-electron chi connectivity index (χ3n) is 7.38. The number of carboxylic acid groups (broad SMARTS) is 1. The quantitative estimate of drug-likeness (QED) is 0.278. The van der Waals surface area contributed by atoms with Gasteiger partial charge in [-0.1, -0.05) is 82.5 Å². The Labute approximate surface area is 263 Å². The van der Waals surface area contributed by atoms with Gasteiger partial charge in [0.2, 0.25) is 0 Å². The summed E-state index contributed by atoms with van der Waals surface area (Å²) in [5.74, 6) is -0.708. The van der Waals surface area contributed by atoms with Crippen LogP contribution in [-0.4, -0.2) is 46.1 Å². The zero-order valence-corrected chi connectivity index (χ0v) is 24.8. The van der Waals surface area contributed by atoms with E-state index in [2.05, 4.69) is 15.2 Å². The van der Waals surface area contributed by atoms with Gasteiger partial charge in [-0.25, -0.2) is 9.78 Å². The van der Waals surface area contributed by atoms with Crippen LogP contribution in [0, 0.1) is 18.8 Å². The molecule has 2 aromatic carbocycles. The Morgan fingerprint density at radius 3 is 2.40 bits per heavy atom. The van der Waals surface area contributed by atoms with E-state index < -0.39 is 5.97 Å². The average Bonchev–Trinajstić information content (AvgIpc) is 3.27. The van der Waals surface area contributed by atoms with Crippen LogP contribution in [0.3, 0.4) is 0 Å². The molecular weight excluding hydrogens is 586 g/mol. The van der Waals surface area contributed by atoms with Crippen LogP contribution < -0.4 is 29.1 Å². The summed E-state index contributed by atoms with van der Waals surface area (Å²) in [6.07, 6.45) is 0.408. The number of nitrogens with one attached hydrogen (secondary N) is 2. The van der Waals surface area contributed by atoms with E-state index in [-0.39, 0.29) is 59.7 Å². The summed E-state index contributed by atoms with van der Waals surface area (Å²) in [7, 11) is 0. The Balaban J connectivity index is 0.00000194. The summed E-state index contributed by atoms with van der Waals surface area (Å²) in [4.78, 5) is 34.8. The molecule has 1 saturated carbocycles. The molecule has 7 nitrogen and oxygen atoms in total. The molecule has 2 aliphatic rings. The summed E-state index contributed by atoms with van der Waals surface area (Å²) in [5, 5.41) is 14.9. The maximum atomic E-state index is 12.7. The first-order valence-corrected chi connectivity index (χ1v) is 14.3. The molecule has 0 radical (unpaired) electrons. The number of aryl methyl sites for hydroxylation is 1. The molecule has 1 amide bonds. The number of carbonyl (C=O) groups excluding carboxylic acids is 1. The molecule has 40 heavy (non-hydrogen) atoms. The van der Waals surface area contributed by atoms with Crippen LogP contribution in [-0.2, 0) is 6.42 Å². The summed E-state index contributed by atoms with van der Waals surface area (Å²) in [5.41, 5.74) is 4.45. The number of hydrogen-bond acceptors (Lipinski definition) is 5. The SMILES string of the molecule is Cc1[nH]c(C(=O)NC2[C@H]3CN(c4nc(Cc5cccc(-c6cccc(Cl)c6)c5)c(C(=O)O)s4)C[C@@H]23)c(Cl)c1Cl.[H-].[Li+]. The molecule has 3 atom stereocenters. The minimum Gasteiger partial charge on any atom is -1.00 e. The number of benzene rings is 2. The van der Waals surface area contributed by atoms with Crippen LogP contribution in [0.25, 0.3) is 11.1 Å². The van der Waals surface area contributed by atoms with Crippen molar-refractivity contribution in [2.45, 2.75) is 19.4 Å². The number of hydrogen-bond donors (Lipinski definition) is 3. The van der Waals surface area contributed by atoms with Crippen LogP contribution >= 0.6 is 46.1 Å². The summed E-state index contributed by atoms with van der Waals surface area (Å²) < 4.78 is 0. The van der Waals surface area contributed by atoms with Gasteiger partial charge in [-0.05, 0) is 35.7 Å². The van der Waals surface area contributed by atoms with Crippen molar-refractivity contribution in [3.05, 3.63) is 91.1 Å². The Morgan fingerprint density at radius 1 is 1.10 bits per heavy atom. The van der Waals surface area contributed by atoms with Gasteiger partial charge in [-0.3, -0.25) is 4.79 Å². The van der Waals surface area contributed by atoms with Crippen LogP contribution in [0.5, 0.6) is 0 Å². The second kappa shape index (κ2) is 11.4. The molecule has 0 spiro atoms. The molecule has 3 N–H and O–H groups in total. The summed E-state index contributed by atoms with van der Waals surface area (Å²) in [6.45, 7) is 3.16. The number of anilines is 1. The van der Waals surface area contributed by atoms with Crippen molar-refractivity contribution in [1.82, 2.24) is 15.3 Å². The molecule has 1 saturated heterocycles. The maximum Gasteiger partial charge on any atom is 1.00 e. The van der Waals surface area contributed by atoms with Gasteiger partial charge in [0.15, 0.2) is 5.13 Å². The number of thiazole rings is 1. The number of amides is 1. The number of carbonyl (C=O) groups is 2. The van der Waals surface area contributed by atoms with E-state index in [0.717, 1.165) is 16.7 Å². The van der Waals surface area contributed by atoms with Gasteiger partial charge in [0.05, 0.1) is 15.7 Å². The molecule has 202 valence electrons. The van der Waals surface area contributed by atoms with E-state index in [1.807, 2.05) is 48.5 Å². The van der Waals surface area contributed by atoms with Gasteiger partial charge in [-0.2, -0.15) is 0 Å². The number of aromatic carboxylic acids is 1. The first-order chi connectivity index (χ1) is 18.7. The van der Waals surface area contributed by atoms with Crippen LogP contribution in [0.15, 0.2) is 48.5 Å². The van der Waals surface area contributed by atoms with Crippen molar-refractivity contribution < 1.29 is 35.0 Å². The van der Waals surface area contributed by atoms with Gasteiger partial charge in [0, 0.05) is 48.1 Å². The predicted octanol–water partition coefficient (Wildman–Crippen LogP) is 3.68. The molecule has 12 heteroatoms. The summed E-state index contributed by atoms with van der Waals surface area (Å²) >= 11 is 19.7. The van der Waals surface area contributed by atoms with Crippen molar-refractivity contribution in [3.8, 4) is 11.1 Å². The Morgan fingerprint density at radius 2 is 1.77 bits per heavy atom. The van der Waals surface area contributed by atoms with Crippen LogP contribution in [0.2, 0.25) is 15.1 Å². The fourth-order valence-electron chi connectivity index (χ4n) is 5.33. The zero-order valence-electron chi connectivity index (χ0n) is 22.7. The number of aromatic amines is 1. The van der Waals surface area contributed by atoms with Crippen molar-refractivity contribution in [3.63, 3.8) is 0 Å². The van der Waals surface area contributed by atoms with Crippen molar-refractivity contribution in [1.29, 1.82) is 0 Å². The van der Waals surface area contributed by atoms with E-state index in [1.54, 1.807) is 6.92 Å². The first-order valence-electron chi connectivity index (χ1n) is 12.4. The van der Waals surface area contributed by atoms with E-state index in [0.29, 0.717) is 46.1 Å². The third-order valence-corrected chi connectivity index (χ3v) is 9.71. The number of rotatable bonds is 7. The molecule has 0 bridgehead atoms. The Hall–Kier alpha value is -2.44. The van der Waals surface area contributed by atoms with Crippen LogP contribution in [0.4, 0.5) is 5.13 Å². The average molecular weight is 610 g/mol. The van der Waals surface area contributed by atoms with E-state index in [1.165, 1.54) is 11.3 Å². The second-order valence-corrected chi connectivity index (χ2v) is 12.1. The number of nitrogens with zero attached hydrogens (tertiary/aromatic N) is 2. The summed E-state index contributed by atoms with van der Waals surface area (Å²) in [6, 6.07) is 15.6. The number of halogens is 3. The zero-order chi connectivity index (χ0) is 27.4.